The van der Waals surface area contributed by atoms with Crippen LogP contribution in [0.1, 0.15) is 10.4 Å². The van der Waals surface area contributed by atoms with E-state index in [0.717, 1.165) is 0 Å². The summed E-state index contributed by atoms with van der Waals surface area (Å²) in [4.78, 5) is 14.0. The smallest absolute Gasteiger partial charge is 0.422 e. The van der Waals surface area contributed by atoms with Crippen molar-refractivity contribution in [3.05, 3.63) is 17.4 Å². The van der Waals surface area contributed by atoms with Crippen LogP contribution in [0.4, 0.5) is 23.4 Å². The number of ether oxygens (including phenoxy) is 1. The van der Waals surface area contributed by atoms with E-state index < -0.39 is 41.8 Å². The van der Waals surface area contributed by atoms with Gasteiger partial charge in [-0.05, 0) is 6.07 Å². The highest BCUT2D eigenvalue weighted by molar-refractivity contribution is 5.95. The van der Waals surface area contributed by atoms with Crippen molar-refractivity contribution < 1.29 is 27.1 Å². The summed E-state index contributed by atoms with van der Waals surface area (Å²) in [6.45, 7) is -1.69. The molecule has 0 bridgehead atoms. The Labute approximate surface area is 92.4 Å². The van der Waals surface area contributed by atoms with Gasteiger partial charge in [-0.1, -0.05) is 0 Å². The van der Waals surface area contributed by atoms with Gasteiger partial charge in [0.05, 0.1) is 0 Å². The summed E-state index contributed by atoms with van der Waals surface area (Å²) in [6.07, 6.45) is -4.63. The van der Waals surface area contributed by atoms with E-state index in [1.54, 1.807) is 0 Å². The van der Waals surface area contributed by atoms with Crippen LogP contribution in [0, 0.1) is 5.82 Å². The molecule has 1 rings (SSSR count). The molecule has 0 saturated heterocycles. The molecule has 0 atom stereocenters. The van der Waals surface area contributed by atoms with Gasteiger partial charge in [-0.3, -0.25) is 4.79 Å². The molecule has 0 aliphatic carbocycles. The molecule has 0 fully saturated rings. The second-order valence-corrected chi connectivity index (χ2v) is 2.98. The van der Waals surface area contributed by atoms with Crippen LogP contribution < -0.4 is 16.2 Å². The van der Waals surface area contributed by atoms with Gasteiger partial charge in [0.2, 0.25) is 5.88 Å². The minimum atomic E-state index is -4.63. The Morgan fingerprint density at radius 2 is 2.06 bits per heavy atom. The Kier molecular flexibility index (Phi) is 3.39. The number of hydrogen-bond acceptors (Lipinski definition) is 4. The second-order valence-electron chi connectivity index (χ2n) is 2.98. The monoisotopic (exact) mass is 253 g/mol. The first-order valence-electron chi connectivity index (χ1n) is 4.16. The van der Waals surface area contributed by atoms with E-state index in [-0.39, 0.29) is 0 Å². The number of halogens is 4. The molecule has 17 heavy (non-hydrogen) atoms. The number of anilines is 1. The van der Waals surface area contributed by atoms with E-state index in [2.05, 4.69) is 9.72 Å². The first-order valence-corrected chi connectivity index (χ1v) is 4.16. The summed E-state index contributed by atoms with van der Waals surface area (Å²) in [5.74, 6) is -3.69. The number of rotatable bonds is 3. The molecule has 1 heterocycles. The van der Waals surface area contributed by atoms with Gasteiger partial charge in [-0.15, -0.1) is 0 Å². The van der Waals surface area contributed by atoms with Crippen molar-refractivity contribution in [3.8, 4) is 5.88 Å². The maximum Gasteiger partial charge on any atom is 0.422 e. The fourth-order valence-corrected chi connectivity index (χ4v) is 0.922. The Hall–Kier alpha value is -2.06. The molecule has 0 aliphatic heterocycles. The lowest BCUT2D eigenvalue weighted by Gasteiger charge is -2.11. The van der Waals surface area contributed by atoms with Crippen molar-refractivity contribution in [3.63, 3.8) is 0 Å². The van der Waals surface area contributed by atoms with Crippen molar-refractivity contribution >= 4 is 11.7 Å². The molecule has 1 aromatic rings. The van der Waals surface area contributed by atoms with Gasteiger partial charge in [-0.2, -0.15) is 18.2 Å². The highest BCUT2D eigenvalue weighted by atomic mass is 19.4. The third-order valence-corrected chi connectivity index (χ3v) is 1.61. The fraction of sp³-hybridized carbons (Fsp3) is 0.250. The Morgan fingerprint density at radius 3 is 2.53 bits per heavy atom. The summed E-state index contributed by atoms with van der Waals surface area (Å²) >= 11 is 0. The molecule has 0 aliphatic rings. The van der Waals surface area contributed by atoms with Gasteiger partial charge in [-0.25, -0.2) is 4.39 Å². The first kappa shape index (κ1) is 13.0. The molecule has 4 N–H and O–H groups in total. The fourth-order valence-electron chi connectivity index (χ4n) is 0.922. The standard InChI is InChI=1S/C8H7F4N3O2/c9-4-1-3(6(14)16)7(15-5(4)13)17-2-8(10,11)12/h1H,2H2,(H2,13,15)(H2,14,16). The molecule has 0 radical (unpaired) electrons. The number of amides is 1. The normalized spacial score (nSPS) is 11.3. The number of nitrogens with zero attached hydrogens (tertiary/aromatic N) is 1. The Morgan fingerprint density at radius 1 is 1.47 bits per heavy atom. The lowest BCUT2D eigenvalue weighted by molar-refractivity contribution is -0.154. The van der Waals surface area contributed by atoms with Crippen LogP contribution in [0.5, 0.6) is 5.88 Å². The molecule has 1 amide bonds. The topological polar surface area (TPSA) is 91.2 Å². The number of aromatic nitrogens is 1. The van der Waals surface area contributed by atoms with E-state index in [4.69, 9.17) is 11.5 Å². The molecule has 0 aromatic carbocycles. The van der Waals surface area contributed by atoms with Crippen LogP contribution in [0.3, 0.4) is 0 Å². The zero-order chi connectivity index (χ0) is 13.2. The minimum absolute atomic E-state index is 0.566. The molecule has 94 valence electrons. The quantitative estimate of drug-likeness (QED) is 0.781. The number of primary amides is 1. The van der Waals surface area contributed by atoms with E-state index in [0.29, 0.717) is 6.07 Å². The predicted octanol–water partition coefficient (Wildman–Crippen LogP) is 0.843. The van der Waals surface area contributed by atoms with Crippen LogP contribution in [-0.2, 0) is 0 Å². The Bertz CT molecular complexity index is 447. The number of nitrogen functional groups attached to an aromatic ring is 1. The third-order valence-electron chi connectivity index (χ3n) is 1.61. The number of pyridine rings is 1. The average molecular weight is 253 g/mol. The maximum atomic E-state index is 12.9. The third kappa shape index (κ3) is 3.47. The highest BCUT2D eigenvalue weighted by Crippen LogP contribution is 2.23. The summed E-state index contributed by atoms with van der Waals surface area (Å²) in [5, 5.41) is 0. The predicted molar refractivity (Wildman–Crippen MR) is 48.7 cm³/mol. The zero-order valence-electron chi connectivity index (χ0n) is 8.21. The molecule has 9 heteroatoms. The molecule has 5 nitrogen and oxygen atoms in total. The van der Waals surface area contributed by atoms with Crippen molar-refractivity contribution in [1.82, 2.24) is 4.98 Å². The molecule has 0 spiro atoms. The number of nitrogens with two attached hydrogens (primary N) is 2. The summed E-state index contributed by atoms with van der Waals surface area (Å²) in [5.41, 5.74) is 9.24. The highest BCUT2D eigenvalue weighted by Gasteiger charge is 2.30. The van der Waals surface area contributed by atoms with Crippen LogP contribution in [0.25, 0.3) is 0 Å². The van der Waals surface area contributed by atoms with Gasteiger partial charge in [0.15, 0.2) is 18.2 Å². The van der Waals surface area contributed by atoms with E-state index >= 15 is 0 Å². The summed E-state index contributed by atoms with van der Waals surface area (Å²) in [7, 11) is 0. The number of hydrogen-bond donors (Lipinski definition) is 2. The van der Waals surface area contributed by atoms with E-state index in [1.165, 1.54) is 0 Å². The zero-order valence-corrected chi connectivity index (χ0v) is 8.21. The number of carbonyl (C=O) groups is 1. The van der Waals surface area contributed by atoms with Crippen LogP contribution in [0.2, 0.25) is 0 Å². The average Bonchev–Trinajstić information content (AvgIpc) is 2.17. The molecule has 1 aromatic heterocycles. The lowest BCUT2D eigenvalue weighted by atomic mass is 10.2. The van der Waals surface area contributed by atoms with Crippen molar-refractivity contribution in [1.29, 1.82) is 0 Å². The Balaban J connectivity index is 3.05. The van der Waals surface area contributed by atoms with E-state index in [9.17, 15) is 22.4 Å². The summed E-state index contributed by atoms with van der Waals surface area (Å²) in [6, 6.07) is 0.566. The number of alkyl halides is 3. The van der Waals surface area contributed by atoms with Gasteiger partial charge >= 0.3 is 6.18 Å². The van der Waals surface area contributed by atoms with Gasteiger partial charge in [0.1, 0.15) is 5.56 Å². The number of carbonyl (C=O) groups excluding carboxylic acids is 1. The molecule has 0 saturated carbocycles. The first-order chi connectivity index (χ1) is 7.70. The second kappa shape index (κ2) is 4.44. The van der Waals surface area contributed by atoms with Crippen LogP contribution >= 0.6 is 0 Å². The van der Waals surface area contributed by atoms with Crippen molar-refractivity contribution in [2.45, 2.75) is 6.18 Å². The summed E-state index contributed by atoms with van der Waals surface area (Å²) < 4.78 is 52.8. The minimum Gasteiger partial charge on any atom is -0.467 e. The molecular formula is C8H7F4N3O2. The van der Waals surface area contributed by atoms with Crippen LogP contribution in [-0.4, -0.2) is 23.7 Å². The van der Waals surface area contributed by atoms with Crippen molar-refractivity contribution in [2.75, 3.05) is 12.3 Å². The van der Waals surface area contributed by atoms with E-state index in [1.807, 2.05) is 0 Å². The van der Waals surface area contributed by atoms with Crippen LogP contribution in [0.15, 0.2) is 6.07 Å². The van der Waals surface area contributed by atoms with Crippen molar-refractivity contribution in [2.24, 2.45) is 5.73 Å². The molecular weight excluding hydrogens is 246 g/mol. The maximum absolute atomic E-state index is 12.9. The van der Waals surface area contributed by atoms with Gasteiger partial charge in [0, 0.05) is 0 Å². The molecule has 0 unspecified atom stereocenters. The van der Waals surface area contributed by atoms with Gasteiger partial charge < -0.3 is 16.2 Å². The lowest BCUT2D eigenvalue weighted by Crippen LogP contribution is -2.22. The largest absolute Gasteiger partial charge is 0.467 e. The SMILES string of the molecule is NC(=O)c1cc(F)c(N)nc1OCC(F)(F)F. The van der Waals surface area contributed by atoms with Gasteiger partial charge in [0.25, 0.3) is 5.91 Å².